The number of hydrogen-bond acceptors (Lipinski definition) is 2. The molecule has 80 valence electrons. The van der Waals surface area contributed by atoms with Crippen molar-refractivity contribution in [3.8, 4) is 0 Å². The smallest absolute Gasteiger partial charge is 0.243 e. The van der Waals surface area contributed by atoms with E-state index in [1.807, 2.05) is 32.9 Å². The van der Waals surface area contributed by atoms with E-state index in [1.165, 1.54) is 12.5 Å². The van der Waals surface area contributed by atoms with Crippen LogP contribution in [-0.2, 0) is 0 Å². The quantitative estimate of drug-likeness (QED) is 0.549. The number of nitro groups is 1. The first kappa shape index (κ1) is 11.4. The fourth-order valence-electron chi connectivity index (χ4n) is 1.42. The molecule has 0 bridgehead atoms. The largest absolute Gasteiger partial charge is 0.259 e. The molecular formula is C12H15NO2. The van der Waals surface area contributed by atoms with Crippen LogP contribution in [0.25, 0.3) is 6.08 Å². The van der Waals surface area contributed by atoms with Gasteiger partial charge in [-0.05, 0) is 43.0 Å². The van der Waals surface area contributed by atoms with Crippen LogP contribution in [0.2, 0.25) is 0 Å². The topological polar surface area (TPSA) is 43.1 Å². The first-order valence-corrected chi connectivity index (χ1v) is 4.82. The highest BCUT2D eigenvalue weighted by Crippen LogP contribution is 2.18. The third-order valence-electron chi connectivity index (χ3n) is 2.53. The molecule has 0 amide bonds. The van der Waals surface area contributed by atoms with Crippen LogP contribution < -0.4 is 0 Å². The summed E-state index contributed by atoms with van der Waals surface area (Å²) < 4.78 is 0. The van der Waals surface area contributed by atoms with E-state index in [2.05, 4.69) is 0 Å². The van der Waals surface area contributed by atoms with Crippen LogP contribution >= 0.6 is 0 Å². The summed E-state index contributed by atoms with van der Waals surface area (Å²) >= 11 is 0. The Labute approximate surface area is 89.6 Å². The molecular weight excluding hydrogens is 190 g/mol. The molecule has 0 aliphatic heterocycles. The van der Waals surface area contributed by atoms with Crippen molar-refractivity contribution in [2.45, 2.75) is 27.7 Å². The molecule has 0 aliphatic carbocycles. The highest BCUT2D eigenvalue weighted by atomic mass is 16.6. The Morgan fingerprint density at radius 2 is 1.73 bits per heavy atom. The van der Waals surface area contributed by atoms with E-state index in [0.29, 0.717) is 0 Å². The zero-order valence-electron chi connectivity index (χ0n) is 9.50. The fourth-order valence-corrected chi connectivity index (χ4v) is 1.42. The van der Waals surface area contributed by atoms with Crippen molar-refractivity contribution in [3.63, 3.8) is 0 Å². The number of aryl methyl sites for hydroxylation is 3. The van der Waals surface area contributed by atoms with Crippen LogP contribution in [0.4, 0.5) is 0 Å². The summed E-state index contributed by atoms with van der Waals surface area (Å²) in [5.74, 6) is 0. The van der Waals surface area contributed by atoms with Gasteiger partial charge in [0.25, 0.3) is 0 Å². The molecule has 0 saturated heterocycles. The van der Waals surface area contributed by atoms with Gasteiger partial charge in [0, 0.05) is 13.0 Å². The van der Waals surface area contributed by atoms with Gasteiger partial charge in [-0.25, -0.2) is 0 Å². The first-order valence-electron chi connectivity index (χ1n) is 4.82. The van der Waals surface area contributed by atoms with E-state index < -0.39 is 0 Å². The molecule has 0 heterocycles. The number of allylic oxidation sites excluding steroid dienone is 1. The number of hydrogen-bond donors (Lipinski definition) is 0. The van der Waals surface area contributed by atoms with Gasteiger partial charge in [-0.3, -0.25) is 10.1 Å². The van der Waals surface area contributed by atoms with Crippen molar-refractivity contribution < 1.29 is 4.92 Å². The van der Waals surface area contributed by atoms with Crippen molar-refractivity contribution in [2.24, 2.45) is 0 Å². The molecule has 0 aromatic heterocycles. The normalized spacial score (nSPS) is 11.6. The van der Waals surface area contributed by atoms with Gasteiger partial charge in [-0.15, -0.1) is 0 Å². The first-order chi connectivity index (χ1) is 6.91. The maximum atomic E-state index is 10.5. The molecule has 0 spiro atoms. The molecule has 0 unspecified atom stereocenters. The van der Waals surface area contributed by atoms with Gasteiger partial charge in [-0.2, -0.15) is 0 Å². The Balaban J connectivity index is 3.22. The zero-order chi connectivity index (χ0) is 11.6. The van der Waals surface area contributed by atoms with Gasteiger partial charge in [-0.1, -0.05) is 12.1 Å². The number of nitrogens with zero attached hydrogens (tertiary/aromatic N) is 1. The summed E-state index contributed by atoms with van der Waals surface area (Å²) in [5.41, 5.74) is 4.53. The molecule has 0 saturated carbocycles. The Bertz CT molecular complexity index is 433. The van der Waals surface area contributed by atoms with Crippen LogP contribution in [0.15, 0.2) is 17.8 Å². The average molecular weight is 205 g/mol. The Morgan fingerprint density at radius 1 is 1.20 bits per heavy atom. The van der Waals surface area contributed by atoms with Gasteiger partial charge >= 0.3 is 0 Å². The fraction of sp³-hybridized carbons (Fsp3) is 0.333. The van der Waals surface area contributed by atoms with E-state index in [1.54, 1.807) is 6.08 Å². The van der Waals surface area contributed by atoms with Gasteiger partial charge in [0.1, 0.15) is 0 Å². The monoisotopic (exact) mass is 205 g/mol. The number of rotatable bonds is 2. The summed E-state index contributed by atoms with van der Waals surface area (Å²) in [6.45, 7) is 7.52. The van der Waals surface area contributed by atoms with Crippen molar-refractivity contribution in [1.29, 1.82) is 0 Å². The van der Waals surface area contributed by atoms with Crippen LogP contribution in [-0.4, -0.2) is 4.92 Å². The average Bonchev–Trinajstić information content (AvgIpc) is 2.13. The number of benzene rings is 1. The zero-order valence-corrected chi connectivity index (χ0v) is 9.50. The van der Waals surface area contributed by atoms with Crippen LogP contribution in [0, 0.1) is 30.9 Å². The van der Waals surface area contributed by atoms with E-state index in [4.69, 9.17) is 0 Å². The summed E-state index contributed by atoms with van der Waals surface area (Å²) in [5, 5.41) is 10.5. The summed E-state index contributed by atoms with van der Waals surface area (Å²) in [6.07, 6.45) is 1.61. The Hall–Kier alpha value is -1.64. The van der Waals surface area contributed by atoms with E-state index in [9.17, 15) is 10.1 Å². The van der Waals surface area contributed by atoms with Crippen molar-refractivity contribution in [3.05, 3.63) is 50.2 Å². The second-order valence-electron chi connectivity index (χ2n) is 3.84. The predicted octanol–water partition coefficient (Wildman–Crippen LogP) is 3.25. The lowest BCUT2D eigenvalue weighted by molar-refractivity contribution is -0.422. The molecule has 3 nitrogen and oxygen atoms in total. The highest BCUT2D eigenvalue weighted by molar-refractivity contribution is 5.57. The maximum Gasteiger partial charge on any atom is 0.243 e. The van der Waals surface area contributed by atoms with Crippen molar-refractivity contribution in [2.75, 3.05) is 0 Å². The summed E-state index contributed by atoms with van der Waals surface area (Å²) in [4.78, 5) is 10.1. The minimum atomic E-state index is -0.366. The minimum absolute atomic E-state index is 0.168. The molecule has 0 radical (unpaired) electrons. The third kappa shape index (κ3) is 2.65. The van der Waals surface area contributed by atoms with Gasteiger partial charge in [0.2, 0.25) is 5.70 Å². The van der Waals surface area contributed by atoms with Crippen LogP contribution in [0.5, 0.6) is 0 Å². The van der Waals surface area contributed by atoms with Gasteiger partial charge < -0.3 is 0 Å². The molecule has 15 heavy (non-hydrogen) atoms. The highest BCUT2D eigenvalue weighted by Gasteiger charge is 2.05. The van der Waals surface area contributed by atoms with Gasteiger partial charge in [0.15, 0.2) is 0 Å². The maximum absolute atomic E-state index is 10.5. The van der Waals surface area contributed by atoms with Gasteiger partial charge in [0.05, 0.1) is 4.92 Å². The molecule has 3 heteroatoms. The lowest BCUT2D eigenvalue weighted by atomic mass is 10.0. The van der Waals surface area contributed by atoms with E-state index in [0.717, 1.165) is 16.7 Å². The second-order valence-corrected chi connectivity index (χ2v) is 3.84. The van der Waals surface area contributed by atoms with Crippen LogP contribution in [0.1, 0.15) is 29.2 Å². The lowest BCUT2D eigenvalue weighted by Gasteiger charge is -2.05. The molecule has 0 fully saturated rings. The Kier molecular flexibility index (Phi) is 3.24. The molecule has 0 atom stereocenters. The van der Waals surface area contributed by atoms with Crippen molar-refractivity contribution >= 4 is 6.08 Å². The molecule has 1 aromatic rings. The van der Waals surface area contributed by atoms with E-state index in [-0.39, 0.29) is 10.6 Å². The molecule has 1 aromatic carbocycles. The SMILES string of the molecule is C/C(=C/c1cc(C)c(C)cc1C)[N+](=O)[O-]. The minimum Gasteiger partial charge on any atom is -0.259 e. The third-order valence-corrected chi connectivity index (χ3v) is 2.53. The molecule has 0 aliphatic rings. The van der Waals surface area contributed by atoms with E-state index >= 15 is 0 Å². The summed E-state index contributed by atoms with van der Waals surface area (Å²) in [6, 6.07) is 4.03. The molecule has 1 rings (SSSR count). The predicted molar refractivity (Wildman–Crippen MR) is 61.3 cm³/mol. The van der Waals surface area contributed by atoms with Crippen molar-refractivity contribution in [1.82, 2.24) is 0 Å². The molecule has 0 N–H and O–H groups in total. The second kappa shape index (κ2) is 4.26. The lowest BCUT2D eigenvalue weighted by Crippen LogP contribution is -1.95. The van der Waals surface area contributed by atoms with Crippen LogP contribution in [0.3, 0.4) is 0 Å². The standard InChI is InChI=1S/C12H15NO2/c1-8-5-10(3)12(6-9(8)2)7-11(4)13(14)15/h5-7H,1-4H3/b11-7-. The Morgan fingerprint density at radius 3 is 2.27 bits per heavy atom. The summed E-state index contributed by atoms with van der Waals surface area (Å²) in [7, 11) is 0.